The summed E-state index contributed by atoms with van der Waals surface area (Å²) in [5, 5.41) is 42.3. The molecule has 0 aromatic rings. The zero-order valence-corrected chi connectivity index (χ0v) is 30.3. The lowest BCUT2D eigenvalue weighted by Gasteiger charge is -2.30. The number of nitrogens with two attached hydrogens (primary N) is 2. The molecule has 0 aliphatic carbocycles. The molecule has 0 saturated heterocycles. The molecule has 0 aromatic carbocycles. The van der Waals surface area contributed by atoms with Gasteiger partial charge in [-0.25, -0.2) is 0 Å². The molecule has 18 heteroatoms. The molecule has 0 heterocycles. The van der Waals surface area contributed by atoms with Gasteiger partial charge in [-0.15, -0.1) is 0 Å². The molecule has 0 aliphatic rings. The summed E-state index contributed by atoms with van der Waals surface area (Å²) >= 11 is 1.48. The number of hydrogen-bond donors (Lipinski definition) is 10. The SMILES string of the molecule is CSCC[C@H](NC[C@H](O)[C@H](CC(C)C)NC(=O)[C@@H](N)CC(=O)O)C(=O)N[C@H](C(=O)N[C@@H](CC(C)C)C(=O)N[C@@H](CC(=O)O)C(N)=O)C(C)C. The van der Waals surface area contributed by atoms with Gasteiger partial charge in [0.05, 0.1) is 37.1 Å². The summed E-state index contributed by atoms with van der Waals surface area (Å²) < 4.78 is 0. The number of aliphatic hydroxyl groups excluding tert-OH is 1. The topological polar surface area (TPSA) is 292 Å². The molecule has 17 nitrogen and oxygen atoms in total. The Morgan fingerprint density at radius 3 is 1.69 bits per heavy atom. The first kappa shape index (κ1) is 45.5. The molecule has 0 rings (SSSR count). The van der Waals surface area contributed by atoms with Crippen LogP contribution in [0.4, 0.5) is 0 Å². The van der Waals surface area contributed by atoms with E-state index in [2.05, 4.69) is 26.6 Å². The Morgan fingerprint density at radius 2 is 1.22 bits per heavy atom. The minimum absolute atomic E-state index is 0.0389. The number of carbonyl (C=O) groups excluding carboxylic acids is 5. The van der Waals surface area contributed by atoms with Crippen molar-refractivity contribution in [1.29, 1.82) is 0 Å². The van der Waals surface area contributed by atoms with Gasteiger partial charge in [-0.1, -0.05) is 41.5 Å². The Balaban J connectivity index is 5.87. The molecule has 0 spiro atoms. The van der Waals surface area contributed by atoms with Gasteiger partial charge in [0.2, 0.25) is 29.5 Å². The number of carboxylic acids is 2. The number of carbonyl (C=O) groups is 7. The molecular formula is C31H57N7O10S. The Hall–Kier alpha value is -3.48. The Morgan fingerprint density at radius 1 is 0.694 bits per heavy atom. The molecule has 0 aromatic heterocycles. The maximum Gasteiger partial charge on any atom is 0.305 e. The zero-order chi connectivity index (χ0) is 38.0. The molecule has 12 N–H and O–H groups in total. The van der Waals surface area contributed by atoms with Crippen molar-refractivity contribution in [3.63, 3.8) is 0 Å². The van der Waals surface area contributed by atoms with Crippen molar-refractivity contribution < 1.29 is 48.9 Å². The number of primary amides is 1. The summed E-state index contributed by atoms with van der Waals surface area (Å²) in [4.78, 5) is 86.5. The van der Waals surface area contributed by atoms with Crippen molar-refractivity contribution in [2.75, 3.05) is 18.6 Å². The number of thioether (sulfide) groups is 1. The van der Waals surface area contributed by atoms with Crippen LogP contribution >= 0.6 is 11.8 Å². The molecule has 0 unspecified atom stereocenters. The molecule has 49 heavy (non-hydrogen) atoms. The van der Waals surface area contributed by atoms with Gasteiger partial charge in [0.25, 0.3) is 0 Å². The van der Waals surface area contributed by atoms with E-state index in [4.69, 9.17) is 21.7 Å². The molecule has 5 amide bonds. The van der Waals surface area contributed by atoms with Crippen molar-refractivity contribution in [2.24, 2.45) is 29.2 Å². The number of hydrogen-bond acceptors (Lipinski definition) is 11. The van der Waals surface area contributed by atoms with Crippen LogP contribution in [0.2, 0.25) is 0 Å². The molecule has 7 atom stereocenters. The van der Waals surface area contributed by atoms with Gasteiger partial charge < -0.3 is 53.4 Å². The molecule has 0 bridgehead atoms. The zero-order valence-electron chi connectivity index (χ0n) is 29.5. The van der Waals surface area contributed by atoms with E-state index in [1.165, 1.54) is 11.8 Å². The van der Waals surface area contributed by atoms with Gasteiger partial charge in [0, 0.05) is 6.54 Å². The first-order chi connectivity index (χ1) is 22.7. The summed E-state index contributed by atoms with van der Waals surface area (Å²) in [6.07, 6.45) is 0.133. The summed E-state index contributed by atoms with van der Waals surface area (Å²) in [5.41, 5.74) is 10.9. The molecule has 0 fully saturated rings. The highest BCUT2D eigenvalue weighted by Crippen LogP contribution is 2.12. The van der Waals surface area contributed by atoms with Gasteiger partial charge in [0.15, 0.2) is 0 Å². The third-order valence-electron chi connectivity index (χ3n) is 7.37. The average Bonchev–Trinajstić information content (AvgIpc) is 2.97. The highest BCUT2D eigenvalue weighted by atomic mass is 32.2. The Bertz CT molecular complexity index is 1120. The van der Waals surface area contributed by atoms with Crippen LogP contribution in [0.5, 0.6) is 0 Å². The van der Waals surface area contributed by atoms with Crippen LogP contribution in [0.15, 0.2) is 0 Å². The lowest BCUT2D eigenvalue weighted by molar-refractivity contribution is -0.140. The number of rotatable bonds is 25. The van der Waals surface area contributed by atoms with Crippen molar-refractivity contribution in [3.05, 3.63) is 0 Å². The van der Waals surface area contributed by atoms with Crippen LogP contribution in [0, 0.1) is 17.8 Å². The van der Waals surface area contributed by atoms with E-state index in [9.17, 15) is 38.7 Å². The van der Waals surface area contributed by atoms with Gasteiger partial charge in [-0.05, 0) is 49.0 Å². The lowest BCUT2D eigenvalue weighted by atomic mass is 9.97. The molecule has 0 radical (unpaired) electrons. The number of carboxylic acid groups (broad SMARTS) is 2. The van der Waals surface area contributed by atoms with E-state index in [0.29, 0.717) is 18.6 Å². The van der Waals surface area contributed by atoms with Gasteiger partial charge >= 0.3 is 11.9 Å². The maximum absolute atomic E-state index is 13.5. The van der Waals surface area contributed by atoms with E-state index in [1.54, 1.807) is 27.7 Å². The van der Waals surface area contributed by atoms with Crippen LogP contribution in [0.1, 0.15) is 73.6 Å². The van der Waals surface area contributed by atoms with E-state index < -0.39 is 103 Å². The first-order valence-electron chi connectivity index (χ1n) is 16.3. The van der Waals surface area contributed by atoms with Crippen LogP contribution in [-0.4, -0.2) is 118 Å². The summed E-state index contributed by atoms with van der Waals surface area (Å²) in [5.74, 6) is -6.37. The quantitative estimate of drug-likeness (QED) is 0.0515. The maximum atomic E-state index is 13.5. The smallest absolute Gasteiger partial charge is 0.305 e. The van der Waals surface area contributed by atoms with Crippen LogP contribution < -0.4 is 38.1 Å². The third kappa shape index (κ3) is 18.7. The van der Waals surface area contributed by atoms with Crippen molar-refractivity contribution in [2.45, 2.75) is 116 Å². The van der Waals surface area contributed by atoms with Crippen molar-refractivity contribution in [3.8, 4) is 0 Å². The number of amides is 5. The summed E-state index contributed by atoms with van der Waals surface area (Å²) in [6, 6.07) is -6.75. The number of aliphatic hydroxyl groups is 1. The second-order valence-electron chi connectivity index (χ2n) is 13.2. The largest absolute Gasteiger partial charge is 0.481 e. The van der Waals surface area contributed by atoms with E-state index in [0.717, 1.165) is 0 Å². The minimum Gasteiger partial charge on any atom is -0.481 e. The Labute approximate surface area is 292 Å². The predicted molar refractivity (Wildman–Crippen MR) is 184 cm³/mol. The predicted octanol–water partition coefficient (Wildman–Crippen LogP) is -1.49. The lowest BCUT2D eigenvalue weighted by Crippen LogP contribution is -2.60. The van der Waals surface area contributed by atoms with Gasteiger partial charge in [-0.2, -0.15) is 11.8 Å². The van der Waals surface area contributed by atoms with Crippen molar-refractivity contribution in [1.82, 2.24) is 26.6 Å². The van der Waals surface area contributed by atoms with Gasteiger partial charge in [-0.3, -0.25) is 33.6 Å². The van der Waals surface area contributed by atoms with E-state index in [1.807, 2.05) is 20.1 Å². The Kier molecular flexibility index (Phi) is 21.4. The molecule has 282 valence electrons. The minimum atomic E-state index is -1.49. The van der Waals surface area contributed by atoms with Crippen LogP contribution in [0.3, 0.4) is 0 Å². The molecule has 0 aliphatic heterocycles. The fourth-order valence-corrected chi connectivity index (χ4v) is 5.25. The average molecular weight is 720 g/mol. The summed E-state index contributed by atoms with van der Waals surface area (Å²) in [7, 11) is 0. The normalized spacial score (nSPS) is 15.8. The third-order valence-corrected chi connectivity index (χ3v) is 8.02. The highest BCUT2D eigenvalue weighted by Gasteiger charge is 2.33. The molecule has 0 saturated carbocycles. The highest BCUT2D eigenvalue weighted by molar-refractivity contribution is 7.98. The fourth-order valence-electron chi connectivity index (χ4n) is 4.78. The van der Waals surface area contributed by atoms with Crippen LogP contribution in [0.25, 0.3) is 0 Å². The van der Waals surface area contributed by atoms with E-state index >= 15 is 0 Å². The van der Waals surface area contributed by atoms with E-state index in [-0.39, 0.29) is 24.8 Å². The number of nitrogens with one attached hydrogen (secondary N) is 5. The summed E-state index contributed by atoms with van der Waals surface area (Å²) in [6.45, 7) is 10.6. The second kappa shape index (κ2) is 23.0. The van der Waals surface area contributed by atoms with Crippen LogP contribution in [-0.2, 0) is 33.6 Å². The van der Waals surface area contributed by atoms with Crippen molar-refractivity contribution >= 4 is 53.2 Å². The fraction of sp³-hybridized carbons (Fsp3) is 0.774. The second-order valence-corrected chi connectivity index (χ2v) is 14.2. The first-order valence-corrected chi connectivity index (χ1v) is 17.7. The molecular weight excluding hydrogens is 662 g/mol. The number of aliphatic carboxylic acids is 2. The van der Waals surface area contributed by atoms with Gasteiger partial charge in [0.1, 0.15) is 18.1 Å². The standard InChI is InChI=1S/C31H57N7O10S/c1-15(2)10-20(35-28(45)18(32)12-24(40)41)23(39)14-34-19(8-9-49-7)29(46)38-26(17(5)6)31(48)37-22(11-16(3)4)30(47)36-21(27(33)44)13-25(42)43/h15-23,26,34,39H,8-14,32H2,1-7H3,(H2,33,44)(H,35,45)(H,36,47)(H,37,48)(H,38,46)(H,40,41)(H,42,43)/t18-,19-,20-,21-,22-,23-,26-/m0/s1. The monoisotopic (exact) mass is 719 g/mol.